The highest BCUT2D eigenvalue weighted by Gasteiger charge is 2.38. The molecule has 1 aliphatic carbocycles. The lowest BCUT2D eigenvalue weighted by molar-refractivity contribution is -0.00885. The number of ether oxygens (including phenoxy) is 1. The minimum absolute atomic E-state index is 0.0427. The first-order valence-electron chi connectivity index (χ1n) is 4.75. The van der Waals surface area contributed by atoms with Crippen LogP contribution in [0.3, 0.4) is 0 Å². The Labute approximate surface area is 83.0 Å². The normalized spacial score (nSPS) is 20.8. The first-order chi connectivity index (χ1) is 6.27. The van der Waals surface area contributed by atoms with Gasteiger partial charge in [-0.2, -0.15) is 0 Å². The van der Waals surface area contributed by atoms with Crippen molar-refractivity contribution >= 4 is 11.3 Å². The highest BCUT2D eigenvalue weighted by molar-refractivity contribution is 7.11. The van der Waals surface area contributed by atoms with Crippen molar-refractivity contribution in [1.29, 1.82) is 0 Å². The Morgan fingerprint density at radius 2 is 2.15 bits per heavy atom. The van der Waals surface area contributed by atoms with E-state index in [1.54, 1.807) is 11.3 Å². The Hall–Kier alpha value is -0.410. The van der Waals surface area contributed by atoms with E-state index in [0.29, 0.717) is 0 Å². The monoisotopic (exact) mass is 197 g/mol. The van der Waals surface area contributed by atoms with Gasteiger partial charge in [-0.1, -0.05) is 12.8 Å². The van der Waals surface area contributed by atoms with Crippen LogP contribution in [0.1, 0.15) is 35.6 Å². The molecule has 0 amide bonds. The van der Waals surface area contributed by atoms with Crippen LogP contribution in [0.5, 0.6) is 0 Å². The van der Waals surface area contributed by atoms with Gasteiger partial charge in [0.1, 0.15) is 10.6 Å². The molecule has 1 aliphatic rings. The van der Waals surface area contributed by atoms with Crippen LogP contribution >= 0.6 is 11.3 Å². The van der Waals surface area contributed by atoms with E-state index < -0.39 is 0 Å². The summed E-state index contributed by atoms with van der Waals surface area (Å²) in [6, 6.07) is 0. The molecule has 3 heteroatoms. The van der Waals surface area contributed by atoms with E-state index in [2.05, 4.69) is 11.9 Å². The third-order valence-corrected chi connectivity index (χ3v) is 3.91. The summed E-state index contributed by atoms with van der Waals surface area (Å²) in [4.78, 5) is 5.71. The summed E-state index contributed by atoms with van der Waals surface area (Å²) >= 11 is 1.77. The van der Waals surface area contributed by atoms with Crippen molar-refractivity contribution in [3.8, 4) is 0 Å². The molecule has 1 fully saturated rings. The van der Waals surface area contributed by atoms with Crippen LogP contribution in [0.4, 0.5) is 0 Å². The summed E-state index contributed by atoms with van der Waals surface area (Å²) in [7, 11) is 1.81. The third-order valence-electron chi connectivity index (χ3n) is 2.81. The minimum atomic E-state index is -0.0427. The second kappa shape index (κ2) is 3.39. The van der Waals surface area contributed by atoms with E-state index in [-0.39, 0.29) is 5.60 Å². The average Bonchev–Trinajstić information content (AvgIpc) is 2.73. The minimum Gasteiger partial charge on any atom is -0.371 e. The van der Waals surface area contributed by atoms with E-state index in [1.807, 2.05) is 13.3 Å². The van der Waals surface area contributed by atoms with Gasteiger partial charge in [0, 0.05) is 18.2 Å². The molecule has 0 radical (unpaired) electrons. The van der Waals surface area contributed by atoms with Crippen molar-refractivity contribution in [2.45, 2.75) is 38.2 Å². The lowest BCUT2D eigenvalue weighted by Gasteiger charge is -2.24. The van der Waals surface area contributed by atoms with Crippen LogP contribution in [0, 0.1) is 6.92 Å². The Kier molecular flexibility index (Phi) is 2.39. The van der Waals surface area contributed by atoms with Crippen molar-refractivity contribution in [3.63, 3.8) is 0 Å². The number of thiazole rings is 1. The molecule has 72 valence electrons. The molecule has 1 saturated carbocycles. The summed E-state index contributed by atoms with van der Waals surface area (Å²) < 4.78 is 5.65. The van der Waals surface area contributed by atoms with E-state index in [4.69, 9.17) is 4.74 Å². The Balaban J connectivity index is 2.30. The molecule has 2 rings (SSSR count). The van der Waals surface area contributed by atoms with Crippen molar-refractivity contribution in [2.75, 3.05) is 7.11 Å². The van der Waals surface area contributed by atoms with Gasteiger partial charge in [0.05, 0.1) is 0 Å². The number of methoxy groups -OCH3 is 1. The van der Waals surface area contributed by atoms with Crippen molar-refractivity contribution in [1.82, 2.24) is 4.98 Å². The topological polar surface area (TPSA) is 22.1 Å². The largest absolute Gasteiger partial charge is 0.371 e. The molecular formula is C10H15NOS. The molecule has 13 heavy (non-hydrogen) atoms. The van der Waals surface area contributed by atoms with E-state index >= 15 is 0 Å². The predicted octanol–water partition coefficient (Wildman–Crippen LogP) is 2.87. The first-order valence-corrected chi connectivity index (χ1v) is 5.56. The van der Waals surface area contributed by atoms with E-state index in [1.165, 1.54) is 22.7 Å². The van der Waals surface area contributed by atoms with Crippen LogP contribution in [-0.4, -0.2) is 12.1 Å². The summed E-state index contributed by atoms with van der Waals surface area (Å²) in [6.07, 6.45) is 6.75. The van der Waals surface area contributed by atoms with Gasteiger partial charge >= 0.3 is 0 Å². The number of rotatable bonds is 2. The van der Waals surface area contributed by atoms with Gasteiger partial charge in [-0.3, -0.25) is 0 Å². The predicted molar refractivity (Wildman–Crippen MR) is 54.0 cm³/mol. The molecule has 2 nitrogen and oxygen atoms in total. The zero-order valence-electron chi connectivity index (χ0n) is 8.17. The molecule has 0 saturated heterocycles. The molecular weight excluding hydrogens is 182 g/mol. The number of nitrogens with zero attached hydrogens (tertiary/aromatic N) is 1. The molecule has 0 unspecified atom stereocenters. The number of hydrogen-bond donors (Lipinski definition) is 0. The summed E-state index contributed by atoms with van der Waals surface area (Å²) in [5, 5.41) is 1.17. The van der Waals surface area contributed by atoms with Crippen LogP contribution in [0.15, 0.2) is 6.20 Å². The van der Waals surface area contributed by atoms with Gasteiger partial charge in [-0.05, 0) is 19.8 Å². The van der Waals surface area contributed by atoms with Crippen LogP contribution in [0.25, 0.3) is 0 Å². The standard InChI is InChI=1S/C10H15NOS/c1-8-7-11-9(13-8)10(12-2)5-3-4-6-10/h7H,3-6H2,1-2H3. The third kappa shape index (κ3) is 1.51. The zero-order chi connectivity index (χ0) is 9.31. The molecule has 0 aromatic carbocycles. The van der Waals surface area contributed by atoms with Crippen LogP contribution in [0.2, 0.25) is 0 Å². The molecule has 1 aromatic heterocycles. The van der Waals surface area contributed by atoms with Crippen molar-refractivity contribution in [3.05, 3.63) is 16.1 Å². The van der Waals surface area contributed by atoms with Gasteiger partial charge in [0.15, 0.2) is 0 Å². The van der Waals surface area contributed by atoms with Crippen molar-refractivity contribution in [2.24, 2.45) is 0 Å². The number of aromatic nitrogens is 1. The highest BCUT2D eigenvalue weighted by Crippen LogP contribution is 2.42. The Morgan fingerprint density at radius 1 is 1.46 bits per heavy atom. The smallest absolute Gasteiger partial charge is 0.125 e. The summed E-state index contributed by atoms with van der Waals surface area (Å²) in [6.45, 7) is 2.10. The average molecular weight is 197 g/mol. The van der Waals surface area contributed by atoms with Gasteiger partial charge < -0.3 is 4.74 Å². The lowest BCUT2D eigenvalue weighted by Crippen LogP contribution is -2.23. The summed E-state index contributed by atoms with van der Waals surface area (Å²) in [5.74, 6) is 0. The second-order valence-electron chi connectivity index (χ2n) is 3.68. The van der Waals surface area contributed by atoms with E-state index in [0.717, 1.165) is 12.8 Å². The fourth-order valence-corrected chi connectivity index (χ4v) is 3.01. The molecule has 1 aromatic rings. The van der Waals surface area contributed by atoms with Gasteiger partial charge in [-0.25, -0.2) is 4.98 Å². The molecule has 1 heterocycles. The van der Waals surface area contributed by atoms with Gasteiger partial charge in [0.2, 0.25) is 0 Å². The van der Waals surface area contributed by atoms with E-state index in [9.17, 15) is 0 Å². The molecule has 0 N–H and O–H groups in total. The number of hydrogen-bond acceptors (Lipinski definition) is 3. The molecule has 0 spiro atoms. The van der Waals surface area contributed by atoms with Crippen LogP contribution < -0.4 is 0 Å². The van der Waals surface area contributed by atoms with Gasteiger partial charge in [0.25, 0.3) is 0 Å². The molecule has 0 bridgehead atoms. The number of aryl methyl sites for hydroxylation is 1. The fourth-order valence-electron chi connectivity index (χ4n) is 2.02. The Bertz CT molecular complexity index is 289. The maximum Gasteiger partial charge on any atom is 0.125 e. The maximum atomic E-state index is 5.65. The molecule has 0 aliphatic heterocycles. The fraction of sp³-hybridized carbons (Fsp3) is 0.700. The zero-order valence-corrected chi connectivity index (χ0v) is 8.99. The lowest BCUT2D eigenvalue weighted by atomic mass is 10.0. The quantitative estimate of drug-likeness (QED) is 0.727. The highest BCUT2D eigenvalue weighted by atomic mass is 32.1. The van der Waals surface area contributed by atoms with Crippen molar-refractivity contribution < 1.29 is 4.74 Å². The Morgan fingerprint density at radius 3 is 2.62 bits per heavy atom. The summed E-state index contributed by atoms with van der Waals surface area (Å²) in [5.41, 5.74) is -0.0427. The SMILES string of the molecule is COC1(c2ncc(C)s2)CCCC1. The molecule has 0 atom stereocenters. The van der Waals surface area contributed by atoms with Gasteiger partial charge in [-0.15, -0.1) is 11.3 Å². The second-order valence-corrected chi connectivity index (χ2v) is 4.92. The maximum absolute atomic E-state index is 5.65. The first kappa shape index (κ1) is 9.16. The van der Waals surface area contributed by atoms with Crippen LogP contribution in [-0.2, 0) is 10.3 Å².